The summed E-state index contributed by atoms with van der Waals surface area (Å²) in [7, 11) is -3.69. The lowest BCUT2D eigenvalue weighted by atomic mass is 10.2. The number of unbranched alkanes of at least 4 members (excludes halogenated alkanes) is 1. The first kappa shape index (κ1) is 18.2. The number of nitrogens with one attached hydrogen (secondary N) is 1. The van der Waals surface area contributed by atoms with Crippen LogP contribution in [-0.2, 0) is 10.0 Å². The van der Waals surface area contributed by atoms with Gasteiger partial charge in [-0.05, 0) is 44.4 Å². The molecule has 1 aliphatic rings. The summed E-state index contributed by atoms with van der Waals surface area (Å²) in [5.41, 5.74) is 0.350. The topological polar surface area (TPSA) is 66.5 Å². The summed E-state index contributed by atoms with van der Waals surface area (Å²) < 4.78 is 27.3. The van der Waals surface area contributed by atoms with Crippen LogP contribution in [0.3, 0.4) is 0 Å². The molecular formula is C16H23ClN2O3S. The van der Waals surface area contributed by atoms with Crippen LogP contribution in [0.1, 0.15) is 49.9 Å². The van der Waals surface area contributed by atoms with E-state index >= 15 is 0 Å². The third-order valence-electron chi connectivity index (χ3n) is 3.82. The molecule has 0 radical (unpaired) electrons. The van der Waals surface area contributed by atoms with E-state index in [0.29, 0.717) is 18.7 Å². The molecular weight excluding hydrogens is 336 g/mol. The molecule has 128 valence electrons. The van der Waals surface area contributed by atoms with Crippen LogP contribution in [-0.4, -0.2) is 38.4 Å². The Balaban J connectivity index is 2.26. The van der Waals surface area contributed by atoms with Gasteiger partial charge in [-0.3, -0.25) is 4.79 Å². The molecule has 0 spiro atoms. The number of rotatable bonds is 8. The molecule has 7 heteroatoms. The number of carbonyl (C=O) groups excluding carboxylic acids is 1. The Kier molecular flexibility index (Phi) is 6.06. The number of amides is 1. The van der Waals surface area contributed by atoms with Crippen molar-refractivity contribution < 1.29 is 13.2 Å². The van der Waals surface area contributed by atoms with Gasteiger partial charge >= 0.3 is 0 Å². The zero-order valence-electron chi connectivity index (χ0n) is 13.5. The zero-order valence-corrected chi connectivity index (χ0v) is 15.1. The van der Waals surface area contributed by atoms with Gasteiger partial charge in [0, 0.05) is 24.7 Å². The first-order valence-electron chi connectivity index (χ1n) is 8.00. The molecule has 1 aromatic rings. The second kappa shape index (κ2) is 7.64. The van der Waals surface area contributed by atoms with E-state index in [2.05, 4.69) is 11.6 Å². The molecule has 0 unspecified atom stereocenters. The number of sulfonamides is 1. The highest BCUT2D eigenvalue weighted by molar-refractivity contribution is 7.89. The van der Waals surface area contributed by atoms with Crippen LogP contribution in [0.25, 0.3) is 0 Å². The average Bonchev–Trinajstić information content (AvgIpc) is 3.31. The van der Waals surface area contributed by atoms with Crippen molar-refractivity contribution >= 4 is 27.5 Å². The van der Waals surface area contributed by atoms with E-state index in [1.165, 1.54) is 12.1 Å². The molecule has 0 bridgehead atoms. The van der Waals surface area contributed by atoms with Crippen molar-refractivity contribution in [3.05, 3.63) is 28.8 Å². The minimum Gasteiger partial charge on any atom is -0.339 e. The molecule has 0 saturated heterocycles. The Morgan fingerprint density at radius 1 is 1.35 bits per heavy atom. The lowest BCUT2D eigenvalue weighted by Gasteiger charge is -2.21. The predicted octanol–water partition coefficient (Wildman–Crippen LogP) is 3.04. The molecule has 0 atom stereocenters. The number of nitrogens with zero attached hydrogens (tertiary/aromatic N) is 1. The van der Waals surface area contributed by atoms with E-state index in [9.17, 15) is 13.2 Å². The first-order chi connectivity index (χ1) is 10.9. The van der Waals surface area contributed by atoms with Crippen molar-refractivity contribution in [3.8, 4) is 0 Å². The highest BCUT2D eigenvalue weighted by atomic mass is 35.5. The SMILES string of the molecule is CCCCN(CC)C(=O)c1ccc(Cl)c(S(=O)(=O)NC2CC2)c1. The van der Waals surface area contributed by atoms with Crippen molar-refractivity contribution in [2.24, 2.45) is 0 Å². The molecule has 1 fully saturated rings. The summed E-state index contributed by atoms with van der Waals surface area (Å²) >= 11 is 6.04. The first-order valence-corrected chi connectivity index (χ1v) is 9.86. The third kappa shape index (κ3) is 4.68. The van der Waals surface area contributed by atoms with Gasteiger partial charge < -0.3 is 4.90 Å². The van der Waals surface area contributed by atoms with E-state index in [-0.39, 0.29) is 21.9 Å². The molecule has 0 heterocycles. The lowest BCUT2D eigenvalue weighted by Crippen LogP contribution is -2.32. The van der Waals surface area contributed by atoms with E-state index in [0.717, 1.165) is 25.7 Å². The van der Waals surface area contributed by atoms with Crippen LogP contribution in [0.2, 0.25) is 5.02 Å². The molecule has 0 aliphatic heterocycles. The maximum absolute atomic E-state index is 12.6. The number of halogens is 1. The number of hydrogen-bond donors (Lipinski definition) is 1. The largest absolute Gasteiger partial charge is 0.339 e. The van der Waals surface area contributed by atoms with E-state index in [4.69, 9.17) is 11.6 Å². The number of benzene rings is 1. The van der Waals surface area contributed by atoms with Crippen LogP contribution in [0.5, 0.6) is 0 Å². The van der Waals surface area contributed by atoms with Gasteiger partial charge in [-0.2, -0.15) is 0 Å². The van der Waals surface area contributed by atoms with Gasteiger partial charge in [0.25, 0.3) is 5.91 Å². The quantitative estimate of drug-likeness (QED) is 0.776. The fourth-order valence-corrected chi connectivity index (χ4v) is 4.09. The van der Waals surface area contributed by atoms with Crippen LogP contribution < -0.4 is 4.72 Å². The monoisotopic (exact) mass is 358 g/mol. The zero-order chi connectivity index (χ0) is 17.0. The van der Waals surface area contributed by atoms with Gasteiger partial charge in [-0.25, -0.2) is 13.1 Å². The highest BCUT2D eigenvalue weighted by Gasteiger charge is 2.30. The molecule has 1 amide bonds. The van der Waals surface area contributed by atoms with E-state index < -0.39 is 10.0 Å². The van der Waals surface area contributed by atoms with Gasteiger partial charge in [0.2, 0.25) is 10.0 Å². The Morgan fingerprint density at radius 3 is 2.61 bits per heavy atom. The predicted molar refractivity (Wildman–Crippen MR) is 91.3 cm³/mol. The summed E-state index contributed by atoms with van der Waals surface area (Å²) in [4.78, 5) is 14.3. The normalized spacial score (nSPS) is 14.7. The molecule has 23 heavy (non-hydrogen) atoms. The summed E-state index contributed by atoms with van der Waals surface area (Å²) in [6.07, 6.45) is 3.60. The summed E-state index contributed by atoms with van der Waals surface area (Å²) in [6, 6.07) is 4.43. The Hall–Kier alpha value is -1.11. The fraction of sp³-hybridized carbons (Fsp3) is 0.562. The smallest absolute Gasteiger partial charge is 0.253 e. The third-order valence-corrected chi connectivity index (χ3v) is 5.82. The van der Waals surface area contributed by atoms with Crippen molar-refractivity contribution in [1.29, 1.82) is 0 Å². The maximum atomic E-state index is 12.6. The van der Waals surface area contributed by atoms with Crippen molar-refractivity contribution in [2.45, 2.75) is 50.5 Å². The standard InChI is InChI=1S/C16H23ClN2O3S/c1-3-5-10-19(4-2)16(20)12-6-9-14(17)15(11-12)23(21,22)18-13-7-8-13/h6,9,11,13,18H,3-5,7-8,10H2,1-2H3. The molecule has 1 saturated carbocycles. The van der Waals surface area contributed by atoms with Crippen LogP contribution in [0.4, 0.5) is 0 Å². The second-order valence-corrected chi connectivity index (χ2v) is 7.87. The van der Waals surface area contributed by atoms with Gasteiger partial charge in [0.1, 0.15) is 4.90 Å². The van der Waals surface area contributed by atoms with Crippen molar-refractivity contribution in [3.63, 3.8) is 0 Å². The Morgan fingerprint density at radius 2 is 2.04 bits per heavy atom. The molecule has 1 aliphatic carbocycles. The summed E-state index contributed by atoms with van der Waals surface area (Å²) in [6.45, 7) is 5.23. The van der Waals surface area contributed by atoms with Gasteiger partial charge in [0.05, 0.1) is 5.02 Å². The van der Waals surface area contributed by atoms with Crippen LogP contribution in [0.15, 0.2) is 23.1 Å². The molecule has 0 aromatic heterocycles. The molecule has 1 aromatic carbocycles. The Labute approximate surface area is 143 Å². The molecule has 2 rings (SSSR count). The molecule has 5 nitrogen and oxygen atoms in total. The van der Waals surface area contributed by atoms with Gasteiger partial charge in [0.15, 0.2) is 0 Å². The van der Waals surface area contributed by atoms with E-state index in [1.807, 2.05) is 6.92 Å². The van der Waals surface area contributed by atoms with Crippen molar-refractivity contribution in [2.75, 3.05) is 13.1 Å². The fourth-order valence-electron chi connectivity index (χ4n) is 2.26. The number of hydrogen-bond acceptors (Lipinski definition) is 3. The minimum absolute atomic E-state index is 0.00730. The van der Waals surface area contributed by atoms with Crippen molar-refractivity contribution in [1.82, 2.24) is 9.62 Å². The summed E-state index contributed by atoms with van der Waals surface area (Å²) in [5.74, 6) is -0.166. The van der Waals surface area contributed by atoms with E-state index in [1.54, 1.807) is 11.0 Å². The maximum Gasteiger partial charge on any atom is 0.253 e. The van der Waals surface area contributed by atoms with Gasteiger partial charge in [-0.1, -0.05) is 24.9 Å². The second-order valence-electron chi connectivity index (χ2n) is 5.78. The average molecular weight is 359 g/mol. The Bertz CT molecular complexity index is 672. The minimum atomic E-state index is -3.69. The van der Waals surface area contributed by atoms with Crippen LogP contribution >= 0.6 is 11.6 Å². The highest BCUT2D eigenvalue weighted by Crippen LogP contribution is 2.27. The number of carbonyl (C=O) groups is 1. The van der Waals surface area contributed by atoms with Crippen LogP contribution in [0, 0.1) is 0 Å². The summed E-state index contributed by atoms with van der Waals surface area (Å²) in [5, 5.41) is 0.131. The van der Waals surface area contributed by atoms with Gasteiger partial charge in [-0.15, -0.1) is 0 Å². The molecule has 1 N–H and O–H groups in total. The lowest BCUT2D eigenvalue weighted by molar-refractivity contribution is 0.0762.